The van der Waals surface area contributed by atoms with Crippen LogP contribution in [-0.2, 0) is 9.53 Å². The highest BCUT2D eigenvalue weighted by atomic mass is 19.1. The van der Waals surface area contributed by atoms with Crippen molar-refractivity contribution < 1.29 is 18.7 Å². The second kappa shape index (κ2) is 5.36. The maximum absolute atomic E-state index is 13.4. The summed E-state index contributed by atoms with van der Waals surface area (Å²) in [7, 11) is 0. The Kier molecular flexibility index (Phi) is 3.62. The van der Waals surface area contributed by atoms with Gasteiger partial charge in [0.15, 0.2) is 0 Å². The van der Waals surface area contributed by atoms with Gasteiger partial charge in [-0.25, -0.2) is 9.78 Å². The SMILES string of the molecule is CC(C)(C)OC(=O)N1CCN2c3cc(F)ncc3NC(=O)[C@@H]2C1. The lowest BCUT2D eigenvalue weighted by atomic mass is 10.1. The number of ether oxygens (including phenoxy) is 1. The van der Waals surface area contributed by atoms with Crippen LogP contribution in [0.15, 0.2) is 12.3 Å². The molecular weight excluding hydrogens is 303 g/mol. The van der Waals surface area contributed by atoms with Crippen molar-refractivity contribution in [2.75, 3.05) is 29.9 Å². The number of aromatic nitrogens is 1. The van der Waals surface area contributed by atoms with Crippen LogP contribution in [0.3, 0.4) is 0 Å². The molecule has 0 unspecified atom stereocenters. The van der Waals surface area contributed by atoms with Crippen molar-refractivity contribution in [3.8, 4) is 0 Å². The normalized spacial score (nSPS) is 20.5. The predicted molar refractivity (Wildman–Crippen MR) is 81.8 cm³/mol. The lowest BCUT2D eigenvalue weighted by Gasteiger charge is -2.44. The summed E-state index contributed by atoms with van der Waals surface area (Å²) >= 11 is 0. The molecule has 2 amide bonds. The number of hydrogen-bond acceptors (Lipinski definition) is 5. The van der Waals surface area contributed by atoms with E-state index in [9.17, 15) is 14.0 Å². The second-order valence-corrected chi connectivity index (χ2v) is 6.65. The number of carbonyl (C=O) groups excluding carboxylic acids is 2. The minimum absolute atomic E-state index is 0.199. The van der Waals surface area contributed by atoms with Crippen LogP contribution in [-0.4, -0.2) is 53.2 Å². The fraction of sp³-hybridized carbons (Fsp3) is 0.533. The molecule has 0 aliphatic carbocycles. The average Bonchev–Trinajstić information content (AvgIpc) is 2.46. The third-order valence-corrected chi connectivity index (χ3v) is 3.75. The molecule has 1 fully saturated rings. The zero-order chi connectivity index (χ0) is 16.8. The fourth-order valence-electron chi connectivity index (χ4n) is 2.76. The largest absolute Gasteiger partial charge is 0.444 e. The average molecular weight is 322 g/mol. The van der Waals surface area contributed by atoms with Crippen molar-refractivity contribution in [3.63, 3.8) is 0 Å². The highest BCUT2D eigenvalue weighted by molar-refractivity contribution is 6.03. The van der Waals surface area contributed by atoms with E-state index in [1.165, 1.54) is 17.2 Å². The van der Waals surface area contributed by atoms with Crippen molar-refractivity contribution >= 4 is 23.4 Å². The highest BCUT2D eigenvalue weighted by Crippen LogP contribution is 2.33. The first kappa shape index (κ1) is 15.5. The van der Waals surface area contributed by atoms with Crippen LogP contribution in [0, 0.1) is 5.95 Å². The van der Waals surface area contributed by atoms with Crippen molar-refractivity contribution in [3.05, 3.63) is 18.2 Å². The lowest BCUT2D eigenvalue weighted by Crippen LogP contribution is -2.61. The minimum atomic E-state index is -0.603. The maximum atomic E-state index is 13.4. The molecule has 1 aromatic rings. The van der Waals surface area contributed by atoms with Crippen molar-refractivity contribution in [1.82, 2.24) is 9.88 Å². The van der Waals surface area contributed by atoms with E-state index in [4.69, 9.17) is 4.74 Å². The number of piperazine rings is 1. The number of amides is 2. The zero-order valence-corrected chi connectivity index (χ0v) is 13.3. The van der Waals surface area contributed by atoms with E-state index in [1.807, 2.05) is 0 Å². The molecule has 1 saturated heterocycles. The maximum Gasteiger partial charge on any atom is 0.410 e. The van der Waals surface area contributed by atoms with E-state index in [2.05, 4.69) is 10.3 Å². The van der Waals surface area contributed by atoms with Gasteiger partial charge in [0.25, 0.3) is 0 Å². The van der Waals surface area contributed by atoms with E-state index in [-0.39, 0.29) is 12.5 Å². The molecule has 0 bridgehead atoms. The van der Waals surface area contributed by atoms with Crippen LogP contribution < -0.4 is 10.2 Å². The Morgan fingerprint density at radius 2 is 2.17 bits per heavy atom. The summed E-state index contributed by atoms with van der Waals surface area (Å²) in [5.41, 5.74) is 0.481. The molecule has 1 N–H and O–H groups in total. The molecule has 3 rings (SSSR count). The Bertz CT molecular complexity index is 659. The quantitative estimate of drug-likeness (QED) is 0.734. The van der Waals surface area contributed by atoms with E-state index in [0.29, 0.717) is 24.5 Å². The Morgan fingerprint density at radius 3 is 2.87 bits per heavy atom. The fourth-order valence-corrected chi connectivity index (χ4v) is 2.76. The number of rotatable bonds is 0. The number of hydrogen-bond donors (Lipinski definition) is 1. The van der Waals surface area contributed by atoms with Gasteiger partial charge >= 0.3 is 6.09 Å². The Labute approximate surface area is 133 Å². The van der Waals surface area contributed by atoms with Crippen LogP contribution in [0.5, 0.6) is 0 Å². The molecule has 2 aliphatic rings. The number of nitrogens with one attached hydrogen (secondary N) is 1. The smallest absolute Gasteiger partial charge is 0.410 e. The molecule has 3 heterocycles. The van der Waals surface area contributed by atoms with Crippen LogP contribution in [0.1, 0.15) is 20.8 Å². The number of pyridine rings is 1. The van der Waals surface area contributed by atoms with Crippen LogP contribution in [0.2, 0.25) is 0 Å². The molecule has 0 spiro atoms. The predicted octanol–water partition coefficient (Wildman–Crippen LogP) is 1.60. The van der Waals surface area contributed by atoms with E-state index in [1.54, 1.807) is 25.7 Å². The first-order valence-electron chi connectivity index (χ1n) is 7.45. The van der Waals surface area contributed by atoms with Crippen molar-refractivity contribution in [2.24, 2.45) is 0 Å². The van der Waals surface area contributed by atoms with Gasteiger partial charge in [-0.1, -0.05) is 0 Å². The van der Waals surface area contributed by atoms with Crippen LogP contribution in [0.4, 0.5) is 20.6 Å². The number of fused-ring (bicyclic) bond motifs is 3. The van der Waals surface area contributed by atoms with Crippen molar-refractivity contribution in [1.29, 1.82) is 0 Å². The minimum Gasteiger partial charge on any atom is -0.444 e. The molecule has 23 heavy (non-hydrogen) atoms. The summed E-state index contributed by atoms with van der Waals surface area (Å²) in [6.07, 6.45) is 0.857. The number of halogens is 1. The van der Waals surface area contributed by atoms with Gasteiger partial charge in [0.2, 0.25) is 11.9 Å². The van der Waals surface area contributed by atoms with Gasteiger partial charge in [-0.2, -0.15) is 4.39 Å². The Morgan fingerprint density at radius 1 is 1.43 bits per heavy atom. The van der Waals surface area contributed by atoms with Gasteiger partial charge in [-0.3, -0.25) is 4.79 Å². The summed E-state index contributed by atoms with van der Waals surface area (Å²) < 4.78 is 18.8. The first-order chi connectivity index (χ1) is 10.7. The second-order valence-electron chi connectivity index (χ2n) is 6.65. The Hall–Kier alpha value is -2.38. The van der Waals surface area contributed by atoms with Crippen LogP contribution in [0.25, 0.3) is 0 Å². The molecule has 0 radical (unpaired) electrons. The summed E-state index contributed by atoms with van der Waals surface area (Å²) in [6.45, 7) is 6.40. The standard InChI is InChI=1S/C15H19FN4O3/c1-15(2,3)23-14(22)19-4-5-20-10-6-12(16)17-7-9(10)18-13(21)11(20)8-19/h6-7,11H,4-5,8H2,1-3H3,(H,18,21)/t11-/m0/s1. The third kappa shape index (κ3) is 3.06. The van der Waals surface area contributed by atoms with Gasteiger partial charge in [0, 0.05) is 19.2 Å². The van der Waals surface area contributed by atoms with Gasteiger partial charge in [0.05, 0.1) is 24.1 Å². The van der Waals surface area contributed by atoms with Crippen molar-refractivity contribution in [2.45, 2.75) is 32.4 Å². The number of nitrogens with zero attached hydrogens (tertiary/aromatic N) is 3. The molecule has 0 saturated carbocycles. The van der Waals surface area contributed by atoms with Gasteiger partial charge in [0.1, 0.15) is 11.6 Å². The number of carbonyl (C=O) groups is 2. The summed E-state index contributed by atoms with van der Waals surface area (Å²) in [6, 6.07) is 0.732. The molecule has 1 aromatic heterocycles. The third-order valence-electron chi connectivity index (χ3n) is 3.75. The Balaban J connectivity index is 1.80. The van der Waals surface area contributed by atoms with E-state index >= 15 is 0 Å². The molecule has 2 aliphatic heterocycles. The topological polar surface area (TPSA) is 74.8 Å². The van der Waals surface area contributed by atoms with Gasteiger partial charge in [-0.05, 0) is 20.8 Å². The molecule has 8 heteroatoms. The summed E-state index contributed by atoms with van der Waals surface area (Å²) in [5.74, 6) is -0.840. The van der Waals surface area contributed by atoms with Gasteiger partial charge < -0.3 is 19.9 Å². The molecule has 1 atom stereocenters. The highest BCUT2D eigenvalue weighted by Gasteiger charge is 2.40. The monoisotopic (exact) mass is 322 g/mol. The zero-order valence-electron chi connectivity index (χ0n) is 13.3. The first-order valence-corrected chi connectivity index (χ1v) is 7.45. The van der Waals surface area contributed by atoms with E-state index < -0.39 is 23.7 Å². The number of anilines is 2. The molecule has 124 valence electrons. The van der Waals surface area contributed by atoms with Gasteiger partial charge in [-0.15, -0.1) is 0 Å². The molecule has 0 aromatic carbocycles. The lowest BCUT2D eigenvalue weighted by molar-refractivity contribution is -0.118. The summed E-state index contributed by atoms with van der Waals surface area (Å²) in [5, 5.41) is 2.71. The van der Waals surface area contributed by atoms with Crippen LogP contribution >= 0.6 is 0 Å². The van der Waals surface area contributed by atoms with E-state index in [0.717, 1.165) is 0 Å². The summed E-state index contributed by atoms with van der Waals surface area (Å²) in [4.78, 5) is 31.3. The molecular formula is C15H19FN4O3. The molecule has 7 nitrogen and oxygen atoms in total.